The molecule has 0 spiro atoms. The Hall–Kier alpha value is -3.62. The van der Waals surface area contributed by atoms with Gasteiger partial charge in [-0.2, -0.15) is 18.3 Å². The minimum absolute atomic E-state index is 0.183. The first kappa shape index (κ1) is 17.8. The molecule has 2 N–H and O–H groups in total. The van der Waals surface area contributed by atoms with Crippen LogP contribution in [0.2, 0.25) is 0 Å². The Morgan fingerprint density at radius 1 is 1.18 bits per heavy atom. The summed E-state index contributed by atoms with van der Waals surface area (Å²) < 4.78 is 39.9. The number of alkyl halides is 3. The number of aromatic amines is 1. The van der Waals surface area contributed by atoms with Crippen molar-refractivity contribution in [2.24, 2.45) is 0 Å². The molecule has 0 fully saturated rings. The third-order valence-corrected chi connectivity index (χ3v) is 4.19. The molecule has 28 heavy (non-hydrogen) atoms. The van der Waals surface area contributed by atoms with Crippen molar-refractivity contribution in [1.82, 2.24) is 25.1 Å². The van der Waals surface area contributed by atoms with Gasteiger partial charge in [0.2, 0.25) is 0 Å². The quantitative estimate of drug-likeness (QED) is 0.563. The van der Waals surface area contributed by atoms with Gasteiger partial charge in [0.05, 0.1) is 5.56 Å². The van der Waals surface area contributed by atoms with E-state index in [-0.39, 0.29) is 12.5 Å². The fourth-order valence-electron chi connectivity index (χ4n) is 2.79. The number of halogens is 3. The van der Waals surface area contributed by atoms with E-state index in [0.717, 1.165) is 6.07 Å². The highest BCUT2D eigenvalue weighted by Crippen LogP contribution is 2.31. The van der Waals surface area contributed by atoms with Crippen LogP contribution in [0.1, 0.15) is 21.6 Å². The first-order valence-electron chi connectivity index (χ1n) is 8.33. The minimum Gasteiger partial charge on any atom is -0.351 e. The van der Waals surface area contributed by atoms with Gasteiger partial charge in [-0.1, -0.05) is 6.07 Å². The molecular weight excluding hydrogens is 371 g/mol. The summed E-state index contributed by atoms with van der Waals surface area (Å²) >= 11 is 0. The fourth-order valence-corrected chi connectivity index (χ4v) is 2.79. The maximum Gasteiger partial charge on any atom is 0.431 e. The van der Waals surface area contributed by atoms with Crippen LogP contribution in [-0.4, -0.2) is 25.7 Å². The second-order valence-electron chi connectivity index (χ2n) is 6.14. The Morgan fingerprint density at radius 2 is 2.04 bits per heavy atom. The van der Waals surface area contributed by atoms with Crippen LogP contribution in [-0.2, 0) is 12.7 Å². The summed E-state index contributed by atoms with van der Waals surface area (Å²) in [6.07, 6.45) is 0.380. The summed E-state index contributed by atoms with van der Waals surface area (Å²) in [5.41, 5.74) is 0.653. The molecule has 3 aromatic heterocycles. The third kappa shape index (κ3) is 3.59. The van der Waals surface area contributed by atoms with Crippen LogP contribution in [0, 0.1) is 0 Å². The number of amides is 1. The zero-order valence-electron chi connectivity index (χ0n) is 14.4. The molecule has 0 bridgehead atoms. The number of aromatic nitrogens is 4. The number of nitrogens with zero attached hydrogens (tertiary/aromatic N) is 3. The number of pyridine rings is 1. The van der Waals surface area contributed by atoms with Crippen molar-refractivity contribution in [3.63, 3.8) is 0 Å². The Morgan fingerprint density at radius 3 is 2.71 bits per heavy atom. The van der Waals surface area contributed by atoms with E-state index in [4.69, 9.17) is 0 Å². The molecule has 0 aliphatic carbocycles. The van der Waals surface area contributed by atoms with Gasteiger partial charge < -0.3 is 10.3 Å². The van der Waals surface area contributed by atoms with E-state index in [0.29, 0.717) is 27.8 Å². The lowest BCUT2D eigenvalue weighted by Gasteiger charge is -2.06. The molecule has 0 unspecified atom stereocenters. The summed E-state index contributed by atoms with van der Waals surface area (Å²) in [7, 11) is 0. The number of hydrogen-bond donors (Lipinski definition) is 2. The van der Waals surface area contributed by atoms with Gasteiger partial charge in [0.1, 0.15) is 5.69 Å². The van der Waals surface area contributed by atoms with E-state index in [1.54, 1.807) is 53.5 Å². The van der Waals surface area contributed by atoms with Crippen LogP contribution in [0.4, 0.5) is 13.2 Å². The van der Waals surface area contributed by atoms with Crippen LogP contribution >= 0.6 is 0 Å². The molecule has 3 heterocycles. The Bertz CT molecular complexity index is 1110. The van der Waals surface area contributed by atoms with Gasteiger partial charge in [-0.05, 0) is 42.0 Å². The van der Waals surface area contributed by atoms with Gasteiger partial charge >= 0.3 is 6.18 Å². The number of rotatable bonds is 4. The number of fused-ring (bicyclic) bond motifs is 1. The van der Waals surface area contributed by atoms with Gasteiger partial charge in [0.15, 0.2) is 5.82 Å². The molecule has 0 aliphatic heterocycles. The van der Waals surface area contributed by atoms with E-state index < -0.39 is 11.9 Å². The summed E-state index contributed by atoms with van der Waals surface area (Å²) in [5, 5.41) is 7.23. The standard InChI is InChI=1S/C19H14F3N5O/c20-19(21,22)16-9-14-8-12(2-4-15(14)26-16)10-24-18(28)13-3-5-17(23-11-13)27-7-1-6-25-27/h1-9,11,26H,10H2,(H,24,28). The highest BCUT2D eigenvalue weighted by molar-refractivity contribution is 5.94. The predicted molar refractivity (Wildman–Crippen MR) is 95.8 cm³/mol. The van der Waals surface area contributed by atoms with Gasteiger partial charge in [-0.15, -0.1) is 0 Å². The number of nitrogens with one attached hydrogen (secondary N) is 2. The highest BCUT2D eigenvalue weighted by atomic mass is 19.4. The van der Waals surface area contributed by atoms with E-state index in [1.165, 1.54) is 6.20 Å². The van der Waals surface area contributed by atoms with Crippen LogP contribution in [0.25, 0.3) is 16.7 Å². The molecule has 0 saturated heterocycles. The summed E-state index contributed by atoms with van der Waals surface area (Å²) in [4.78, 5) is 18.8. The number of hydrogen-bond acceptors (Lipinski definition) is 3. The first-order valence-corrected chi connectivity index (χ1v) is 8.33. The molecule has 0 aliphatic rings. The Balaban J connectivity index is 1.44. The maximum atomic E-state index is 12.8. The SMILES string of the molecule is O=C(NCc1ccc2[nH]c(C(F)(F)F)cc2c1)c1ccc(-n2cccn2)nc1. The van der Waals surface area contributed by atoms with E-state index in [1.807, 2.05) is 0 Å². The second-order valence-corrected chi connectivity index (χ2v) is 6.14. The van der Waals surface area contributed by atoms with Crippen molar-refractivity contribution in [2.45, 2.75) is 12.7 Å². The lowest BCUT2D eigenvalue weighted by Crippen LogP contribution is -2.23. The number of carbonyl (C=O) groups is 1. The zero-order valence-corrected chi connectivity index (χ0v) is 14.4. The van der Waals surface area contributed by atoms with Crippen molar-refractivity contribution in [3.05, 3.63) is 77.9 Å². The molecule has 1 aromatic carbocycles. The van der Waals surface area contributed by atoms with Gasteiger partial charge in [-0.3, -0.25) is 4.79 Å². The van der Waals surface area contributed by atoms with Gasteiger partial charge in [0.25, 0.3) is 5.91 Å². The summed E-state index contributed by atoms with van der Waals surface area (Å²) in [5.74, 6) is 0.254. The van der Waals surface area contributed by atoms with Crippen LogP contribution in [0.15, 0.2) is 61.1 Å². The molecule has 1 amide bonds. The molecule has 0 radical (unpaired) electrons. The maximum absolute atomic E-state index is 12.8. The number of H-pyrrole nitrogens is 1. The molecule has 6 nitrogen and oxygen atoms in total. The summed E-state index contributed by atoms with van der Waals surface area (Å²) in [6, 6.07) is 11.0. The number of carbonyl (C=O) groups excluding carboxylic acids is 1. The van der Waals surface area contributed by atoms with Crippen LogP contribution in [0.5, 0.6) is 0 Å². The van der Waals surface area contributed by atoms with E-state index in [9.17, 15) is 18.0 Å². The highest BCUT2D eigenvalue weighted by Gasteiger charge is 2.32. The van der Waals surface area contributed by atoms with Crippen molar-refractivity contribution in [3.8, 4) is 5.82 Å². The topological polar surface area (TPSA) is 75.6 Å². The predicted octanol–water partition coefficient (Wildman–Crippen LogP) is 3.70. The molecule has 0 saturated carbocycles. The van der Waals surface area contributed by atoms with Gasteiger partial charge in [0, 0.05) is 36.0 Å². The molecule has 4 aromatic rings. The van der Waals surface area contributed by atoms with Crippen molar-refractivity contribution in [1.29, 1.82) is 0 Å². The van der Waals surface area contributed by atoms with E-state index in [2.05, 4.69) is 20.4 Å². The number of benzene rings is 1. The average Bonchev–Trinajstić information content (AvgIpc) is 3.35. The monoisotopic (exact) mass is 385 g/mol. The smallest absolute Gasteiger partial charge is 0.351 e. The average molecular weight is 385 g/mol. The molecular formula is C19H14F3N5O. The lowest BCUT2D eigenvalue weighted by atomic mass is 10.1. The normalized spacial score (nSPS) is 11.7. The lowest BCUT2D eigenvalue weighted by molar-refractivity contribution is -0.140. The van der Waals surface area contributed by atoms with Crippen LogP contribution < -0.4 is 5.32 Å². The van der Waals surface area contributed by atoms with Crippen molar-refractivity contribution in [2.75, 3.05) is 0 Å². The zero-order chi connectivity index (χ0) is 19.7. The Labute approximate surface area is 157 Å². The minimum atomic E-state index is -4.43. The third-order valence-electron chi connectivity index (χ3n) is 4.19. The summed E-state index contributed by atoms with van der Waals surface area (Å²) in [6.45, 7) is 0.183. The second kappa shape index (κ2) is 6.84. The van der Waals surface area contributed by atoms with E-state index >= 15 is 0 Å². The largest absolute Gasteiger partial charge is 0.431 e. The molecule has 0 atom stereocenters. The fraction of sp³-hybridized carbons (Fsp3) is 0.105. The molecule has 9 heteroatoms. The first-order chi connectivity index (χ1) is 13.4. The van der Waals surface area contributed by atoms with Crippen LogP contribution in [0.3, 0.4) is 0 Å². The van der Waals surface area contributed by atoms with Gasteiger partial charge in [-0.25, -0.2) is 9.67 Å². The molecule has 4 rings (SSSR count). The van der Waals surface area contributed by atoms with Crippen molar-refractivity contribution >= 4 is 16.8 Å². The van der Waals surface area contributed by atoms with Crippen molar-refractivity contribution < 1.29 is 18.0 Å². The Kier molecular flexibility index (Phi) is 4.34. The molecule has 142 valence electrons.